The fourth-order valence-electron chi connectivity index (χ4n) is 0.211. The maximum atomic E-state index is 9.55. The average Bonchev–Trinajstić information content (AvgIpc) is 2.33. The molecule has 0 aliphatic heterocycles. The van der Waals surface area contributed by atoms with Gasteiger partial charge in [0.15, 0.2) is 0 Å². The highest BCUT2D eigenvalue weighted by atomic mass is 16.5. The van der Waals surface area contributed by atoms with E-state index in [9.17, 15) is 9.59 Å². The molecule has 0 radical (unpaired) electrons. The lowest BCUT2D eigenvalue weighted by molar-refractivity contribution is -0.134. The summed E-state index contributed by atoms with van der Waals surface area (Å²) in [5.41, 5.74) is 0. The van der Waals surface area contributed by atoms with E-state index < -0.39 is 11.9 Å². The molecule has 2 N–H and O–H groups in total. The Hall–Kier alpha value is -2.56. The lowest BCUT2D eigenvalue weighted by Crippen LogP contribution is -1.91. The summed E-state index contributed by atoms with van der Waals surface area (Å²) in [7, 11) is 0. The first-order chi connectivity index (χ1) is 8.04. The monoisotopic (exact) mass is 242 g/mol. The van der Waals surface area contributed by atoms with Crippen LogP contribution in [0.5, 0.6) is 0 Å². The largest absolute Gasteiger partial charge is 0.478 e. The Balaban J connectivity index is -0.0000000809. The van der Waals surface area contributed by atoms with Crippen LogP contribution >= 0.6 is 0 Å². The smallest absolute Gasteiger partial charge is 0.328 e. The molecule has 0 aliphatic rings. The first-order valence-corrected chi connectivity index (χ1v) is 4.05. The van der Waals surface area contributed by atoms with Gasteiger partial charge in [-0.2, -0.15) is 0 Å². The van der Waals surface area contributed by atoms with Crippen LogP contribution in [-0.2, 0) is 14.3 Å². The molecule has 0 saturated heterocycles. The number of carboxylic acids is 2. The minimum absolute atomic E-state index is 0.558. The van der Waals surface area contributed by atoms with Gasteiger partial charge in [0.1, 0.15) is 0 Å². The van der Waals surface area contributed by atoms with Gasteiger partial charge < -0.3 is 14.9 Å². The minimum atomic E-state index is -1.26. The van der Waals surface area contributed by atoms with Crippen LogP contribution in [0, 0.1) is 0 Å². The molecule has 5 nitrogen and oxygen atoms in total. The maximum Gasteiger partial charge on any atom is 0.328 e. The highest BCUT2D eigenvalue weighted by molar-refractivity contribution is 5.89. The van der Waals surface area contributed by atoms with Gasteiger partial charge in [0.25, 0.3) is 0 Å². The molecule has 17 heavy (non-hydrogen) atoms. The average molecular weight is 242 g/mol. The SMILES string of the molecule is C=C.C=C.C=COC=C.O=C(O)/C=C/C(=O)O. The molecule has 0 rings (SSSR count). The Bertz CT molecular complexity index is 219. The molecular weight excluding hydrogens is 224 g/mol. The van der Waals surface area contributed by atoms with E-state index in [1.165, 1.54) is 12.5 Å². The zero-order chi connectivity index (χ0) is 14.7. The first-order valence-electron chi connectivity index (χ1n) is 4.05. The summed E-state index contributed by atoms with van der Waals surface area (Å²) < 4.78 is 4.36. The number of carbonyl (C=O) groups is 2. The van der Waals surface area contributed by atoms with Crippen LogP contribution < -0.4 is 0 Å². The Kier molecular flexibility index (Phi) is 41.1. The van der Waals surface area contributed by atoms with E-state index in [1.807, 2.05) is 0 Å². The zero-order valence-corrected chi connectivity index (χ0v) is 9.67. The highest BCUT2D eigenvalue weighted by Gasteiger charge is 1.88. The van der Waals surface area contributed by atoms with Crippen molar-refractivity contribution >= 4 is 11.9 Å². The van der Waals surface area contributed by atoms with E-state index in [4.69, 9.17) is 10.2 Å². The number of hydrogen-bond acceptors (Lipinski definition) is 3. The molecule has 0 spiro atoms. The predicted octanol–water partition coefficient (Wildman–Crippen LogP) is 2.61. The fourth-order valence-corrected chi connectivity index (χ4v) is 0.211. The van der Waals surface area contributed by atoms with Crippen molar-refractivity contribution in [3.05, 3.63) is 64.1 Å². The molecule has 0 unspecified atom stereocenters. The number of carboxylic acid groups (broad SMARTS) is 2. The summed E-state index contributed by atoms with van der Waals surface area (Å²) in [5.74, 6) is -2.51. The van der Waals surface area contributed by atoms with Crippen molar-refractivity contribution in [3.8, 4) is 0 Å². The summed E-state index contributed by atoms with van der Waals surface area (Å²) in [4.78, 5) is 19.1. The van der Waals surface area contributed by atoms with Gasteiger partial charge in [-0.25, -0.2) is 9.59 Å². The molecule has 0 heterocycles. The molecular formula is C12H18O5. The lowest BCUT2D eigenvalue weighted by Gasteiger charge is -1.76. The van der Waals surface area contributed by atoms with E-state index in [1.54, 1.807) is 0 Å². The third kappa shape index (κ3) is 89.2. The molecule has 96 valence electrons. The summed E-state index contributed by atoms with van der Waals surface area (Å²) in [6.07, 6.45) is 3.74. The number of rotatable bonds is 4. The minimum Gasteiger partial charge on any atom is -0.478 e. The number of aliphatic carboxylic acids is 2. The van der Waals surface area contributed by atoms with E-state index in [-0.39, 0.29) is 0 Å². The van der Waals surface area contributed by atoms with Gasteiger partial charge in [0.2, 0.25) is 0 Å². The second-order valence-corrected chi connectivity index (χ2v) is 1.48. The summed E-state index contributed by atoms with van der Waals surface area (Å²) >= 11 is 0. The Morgan fingerprint density at radius 2 is 1.06 bits per heavy atom. The van der Waals surface area contributed by atoms with Gasteiger partial charge in [-0.1, -0.05) is 13.2 Å². The van der Waals surface area contributed by atoms with Gasteiger partial charge in [-0.3, -0.25) is 0 Å². The van der Waals surface area contributed by atoms with Crippen molar-refractivity contribution in [1.82, 2.24) is 0 Å². The van der Waals surface area contributed by atoms with Crippen LogP contribution in [0.4, 0.5) is 0 Å². The van der Waals surface area contributed by atoms with Crippen molar-refractivity contribution in [1.29, 1.82) is 0 Å². The summed E-state index contributed by atoms with van der Waals surface area (Å²) in [6.45, 7) is 18.5. The molecule has 0 aromatic rings. The summed E-state index contributed by atoms with van der Waals surface area (Å²) in [5, 5.41) is 15.6. The summed E-state index contributed by atoms with van der Waals surface area (Å²) in [6, 6.07) is 0. The van der Waals surface area contributed by atoms with Crippen LogP contribution in [0.15, 0.2) is 64.1 Å². The molecule has 0 bridgehead atoms. The second-order valence-electron chi connectivity index (χ2n) is 1.48. The number of ether oxygens (including phenoxy) is 1. The maximum absolute atomic E-state index is 9.55. The van der Waals surface area contributed by atoms with Crippen LogP contribution in [0.2, 0.25) is 0 Å². The number of hydrogen-bond donors (Lipinski definition) is 2. The lowest BCUT2D eigenvalue weighted by atomic mass is 10.5. The standard InChI is InChI=1S/C4H4O4.C4H6O.2C2H4/c5-3(6)1-2-4(7)8;1-3-5-4-2;2*1-2/h1-2H,(H,5,6)(H,7,8);3-4H,1-2H2;2*1-2H2/b2-1+;;;. The Morgan fingerprint density at radius 1 is 0.824 bits per heavy atom. The normalized spacial score (nSPS) is 6.59. The van der Waals surface area contributed by atoms with Crippen molar-refractivity contribution in [2.45, 2.75) is 0 Å². The van der Waals surface area contributed by atoms with Gasteiger partial charge in [0.05, 0.1) is 12.5 Å². The topological polar surface area (TPSA) is 83.8 Å². The Labute approximate surface area is 101 Å². The zero-order valence-electron chi connectivity index (χ0n) is 9.67. The second kappa shape index (κ2) is 29.2. The highest BCUT2D eigenvalue weighted by Crippen LogP contribution is 1.70. The van der Waals surface area contributed by atoms with Crippen LogP contribution in [0.1, 0.15) is 0 Å². The predicted molar refractivity (Wildman–Crippen MR) is 68.4 cm³/mol. The van der Waals surface area contributed by atoms with E-state index in [2.05, 4.69) is 44.2 Å². The molecule has 0 aliphatic carbocycles. The van der Waals surface area contributed by atoms with Crippen LogP contribution in [-0.4, -0.2) is 22.2 Å². The Morgan fingerprint density at radius 3 is 1.12 bits per heavy atom. The fraction of sp³-hybridized carbons (Fsp3) is 0. The van der Waals surface area contributed by atoms with E-state index in [0.717, 1.165) is 0 Å². The molecule has 0 aromatic heterocycles. The molecule has 0 fully saturated rings. The molecule has 0 amide bonds. The molecule has 5 heteroatoms. The van der Waals surface area contributed by atoms with Crippen LogP contribution in [0.25, 0.3) is 0 Å². The molecule has 0 aromatic carbocycles. The van der Waals surface area contributed by atoms with Gasteiger partial charge in [0, 0.05) is 12.2 Å². The van der Waals surface area contributed by atoms with Crippen molar-refractivity contribution in [3.63, 3.8) is 0 Å². The third-order valence-corrected chi connectivity index (χ3v) is 0.561. The third-order valence-electron chi connectivity index (χ3n) is 0.561. The van der Waals surface area contributed by atoms with Crippen LogP contribution in [0.3, 0.4) is 0 Å². The van der Waals surface area contributed by atoms with E-state index >= 15 is 0 Å². The van der Waals surface area contributed by atoms with Gasteiger partial charge >= 0.3 is 11.9 Å². The van der Waals surface area contributed by atoms with E-state index in [0.29, 0.717) is 12.2 Å². The van der Waals surface area contributed by atoms with Crippen molar-refractivity contribution in [2.24, 2.45) is 0 Å². The molecule has 0 saturated carbocycles. The van der Waals surface area contributed by atoms with Gasteiger partial charge in [-0.05, 0) is 0 Å². The van der Waals surface area contributed by atoms with Gasteiger partial charge in [-0.15, -0.1) is 26.3 Å². The molecule has 0 atom stereocenters. The van der Waals surface area contributed by atoms with Crippen molar-refractivity contribution in [2.75, 3.05) is 0 Å². The van der Waals surface area contributed by atoms with Crippen molar-refractivity contribution < 1.29 is 24.5 Å². The quantitative estimate of drug-likeness (QED) is 0.449. The first kappa shape index (κ1) is 23.9.